The summed E-state index contributed by atoms with van der Waals surface area (Å²) in [4.78, 5) is 16.0. The fourth-order valence-corrected chi connectivity index (χ4v) is 1.11. The van der Waals surface area contributed by atoms with Crippen LogP contribution >= 0.6 is 0 Å². The molecule has 0 aliphatic rings. The number of aromatic nitrogens is 1. The van der Waals surface area contributed by atoms with E-state index in [1.165, 1.54) is 6.20 Å². The molecule has 94 valence electrons. The van der Waals surface area contributed by atoms with Gasteiger partial charge in [0.15, 0.2) is 0 Å². The number of aryl methyl sites for hydroxylation is 1. The van der Waals surface area contributed by atoms with Crippen molar-refractivity contribution in [2.45, 2.75) is 45.8 Å². The fraction of sp³-hybridized carbons (Fsp3) is 0.538. The number of aliphatic hydroxyl groups is 1. The third-order valence-corrected chi connectivity index (χ3v) is 3.13. The normalized spacial score (nSPS) is 12.4. The number of nitrogens with zero attached hydrogens (tertiary/aromatic N) is 1. The molecule has 1 amide bonds. The standard InChI is InChI=1S/C13H20N2O2/c1-9-6-7-10(8-14-9)11(16)15-12(2,3)13(4,5)17/h6-8,17H,1-5H3,(H,15,16). The summed E-state index contributed by atoms with van der Waals surface area (Å²) in [7, 11) is 0. The molecular formula is C13H20N2O2. The molecule has 1 aromatic rings. The molecule has 17 heavy (non-hydrogen) atoms. The van der Waals surface area contributed by atoms with Crippen LogP contribution in [0, 0.1) is 6.92 Å². The lowest BCUT2D eigenvalue weighted by Crippen LogP contribution is -2.57. The highest BCUT2D eigenvalue weighted by atomic mass is 16.3. The molecule has 1 heterocycles. The number of hydrogen-bond donors (Lipinski definition) is 2. The smallest absolute Gasteiger partial charge is 0.253 e. The Morgan fingerprint density at radius 1 is 1.29 bits per heavy atom. The van der Waals surface area contributed by atoms with E-state index in [0.29, 0.717) is 5.56 Å². The molecule has 1 aromatic heterocycles. The van der Waals surface area contributed by atoms with Crippen LogP contribution in [0.15, 0.2) is 18.3 Å². The molecule has 0 saturated carbocycles. The largest absolute Gasteiger partial charge is 0.388 e. The number of carbonyl (C=O) groups excluding carboxylic acids is 1. The second-order valence-electron chi connectivity index (χ2n) is 5.33. The lowest BCUT2D eigenvalue weighted by Gasteiger charge is -2.37. The van der Waals surface area contributed by atoms with E-state index in [9.17, 15) is 9.90 Å². The van der Waals surface area contributed by atoms with Crippen molar-refractivity contribution in [1.29, 1.82) is 0 Å². The van der Waals surface area contributed by atoms with E-state index in [4.69, 9.17) is 0 Å². The summed E-state index contributed by atoms with van der Waals surface area (Å²) < 4.78 is 0. The van der Waals surface area contributed by atoms with Crippen LogP contribution in [0.3, 0.4) is 0 Å². The highest BCUT2D eigenvalue weighted by Crippen LogP contribution is 2.20. The van der Waals surface area contributed by atoms with Crippen molar-refractivity contribution in [3.63, 3.8) is 0 Å². The van der Waals surface area contributed by atoms with E-state index in [0.717, 1.165) is 5.69 Å². The molecule has 1 rings (SSSR count). The van der Waals surface area contributed by atoms with E-state index in [1.54, 1.807) is 39.8 Å². The monoisotopic (exact) mass is 236 g/mol. The summed E-state index contributed by atoms with van der Waals surface area (Å²) in [6.45, 7) is 8.77. The van der Waals surface area contributed by atoms with Crippen LogP contribution in [0.1, 0.15) is 43.7 Å². The van der Waals surface area contributed by atoms with Gasteiger partial charge < -0.3 is 10.4 Å². The molecule has 4 heteroatoms. The number of rotatable bonds is 3. The summed E-state index contributed by atoms with van der Waals surface area (Å²) in [5.74, 6) is -0.232. The second kappa shape index (κ2) is 4.45. The molecule has 0 bridgehead atoms. The van der Waals surface area contributed by atoms with Crippen LogP contribution < -0.4 is 5.32 Å². The quantitative estimate of drug-likeness (QED) is 0.839. The summed E-state index contributed by atoms with van der Waals surface area (Å²) in [6, 6.07) is 3.50. The molecule has 0 unspecified atom stereocenters. The molecule has 0 saturated heterocycles. The van der Waals surface area contributed by atoms with Crippen LogP contribution in [0.25, 0.3) is 0 Å². The Hall–Kier alpha value is -1.42. The number of carbonyl (C=O) groups is 1. The SMILES string of the molecule is Cc1ccc(C(=O)NC(C)(C)C(C)(C)O)cn1. The maximum atomic E-state index is 12.0. The summed E-state index contributed by atoms with van der Waals surface area (Å²) in [5, 5.41) is 12.8. The molecule has 2 N–H and O–H groups in total. The van der Waals surface area contributed by atoms with Crippen molar-refractivity contribution in [1.82, 2.24) is 10.3 Å². The van der Waals surface area contributed by atoms with Crippen molar-refractivity contribution in [3.05, 3.63) is 29.6 Å². The maximum absolute atomic E-state index is 12.0. The lowest BCUT2D eigenvalue weighted by molar-refractivity contribution is -0.00293. The van der Waals surface area contributed by atoms with Gasteiger partial charge in [-0.05, 0) is 46.8 Å². The van der Waals surface area contributed by atoms with E-state index in [2.05, 4.69) is 10.3 Å². The minimum atomic E-state index is -0.999. The van der Waals surface area contributed by atoms with E-state index in [1.807, 2.05) is 6.92 Å². The van der Waals surface area contributed by atoms with Crippen LogP contribution in [0.2, 0.25) is 0 Å². The molecule has 0 aliphatic heterocycles. The predicted octanol–water partition coefficient (Wildman–Crippen LogP) is 1.67. The maximum Gasteiger partial charge on any atom is 0.253 e. The fourth-order valence-electron chi connectivity index (χ4n) is 1.11. The Kier molecular flexibility index (Phi) is 3.57. The van der Waals surface area contributed by atoms with Gasteiger partial charge in [-0.1, -0.05) is 0 Å². The Balaban J connectivity index is 2.83. The van der Waals surface area contributed by atoms with E-state index < -0.39 is 11.1 Å². The first-order chi connectivity index (χ1) is 7.63. The molecule has 0 fully saturated rings. The first kappa shape index (κ1) is 13.6. The van der Waals surface area contributed by atoms with Crippen LogP contribution in [0.5, 0.6) is 0 Å². The van der Waals surface area contributed by atoms with Gasteiger partial charge in [-0.3, -0.25) is 9.78 Å². The third kappa shape index (κ3) is 3.27. The number of hydrogen-bond acceptors (Lipinski definition) is 3. The van der Waals surface area contributed by atoms with Gasteiger partial charge >= 0.3 is 0 Å². The van der Waals surface area contributed by atoms with Gasteiger partial charge in [-0.2, -0.15) is 0 Å². The summed E-state index contributed by atoms with van der Waals surface area (Å²) in [6.07, 6.45) is 1.53. The van der Waals surface area contributed by atoms with Gasteiger partial charge in [-0.15, -0.1) is 0 Å². The van der Waals surface area contributed by atoms with Gasteiger partial charge in [0.05, 0.1) is 16.7 Å². The zero-order valence-electron chi connectivity index (χ0n) is 11.0. The Morgan fingerprint density at radius 3 is 2.29 bits per heavy atom. The average Bonchev–Trinajstić information content (AvgIpc) is 2.16. The third-order valence-electron chi connectivity index (χ3n) is 3.13. The topological polar surface area (TPSA) is 62.2 Å². The van der Waals surface area contributed by atoms with Crippen LogP contribution in [0.4, 0.5) is 0 Å². The van der Waals surface area contributed by atoms with Crippen molar-refractivity contribution in [2.75, 3.05) is 0 Å². The van der Waals surface area contributed by atoms with Crippen LogP contribution in [-0.2, 0) is 0 Å². The van der Waals surface area contributed by atoms with Crippen molar-refractivity contribution < 1.29 is 9.90 Å². The first-order valence-electron chi connectivity index (χ1n) is 5.61. The van der Waals surface area contributed by atoms with Crippen molar-refractivity contribution >= 4 is 5.91 Å². The highest BCUT2D eigenvalue weighted by Gasteiger charge is 2.36. The van der Waals surface area contributed by atoms with Gasteiger partial charge in [0.1, 0.15) is 0 Å². The molecule has 0 spiro atoms. The highest BCUT2D eigenvalue weighted by molar-refractivity contribution is 5.94. The zero-order valence-corrected chi connectivity index (χ0v) is 11.0. The number of nitrogens with one attached hydrogen (secondary N) is 1. The molecule has 0 radical (unpaired) electrons. The average molecular weight is 236 g/mol. The molecule has 0 aromatic carbocycles. The van der Waals surface area contributed by atoms with Gasteiger partial charge in [0.25, 0.3) is 5.91 Å². The molecule has 0 atom stereocenters. The Labute approximate surface area is 102 Å². The molecule has 4 nitrogen and oxygen atoms in total. The lowest BCUT2D eigenvalue weighted by atomic mass is 9.86. The second-order valence-corrected chi connectivity index (χ2v) is 5.33. The molecule has 0 aliphatic carbocycles. The van der Waals surface area contributed by atoms with Gasteiger partial charge in [0.2, 0.25) is 0 Å². The predicted molar refractivity (Wildman–Crippen MR) is 66.8 cm³/mol. The number of amides is 1. The van der Waals surface area contributed by atoms with E-state index >= 15 is 0 Å². The first-order valence-corrected chi connectivity index (χ1v) is 5.61. The zero-order chi connectivity index (χ0) is 13.3. The molecular weight excluding hydrogens is 216 g/mol. The minimum Gasteiger partial charge on any atom is -0.388 e. The van der Waals surface area contributed by atoms with Gasteiger partial charge in [-0.25, -0.2) is 0 Å². The van der Waals surface area contributed by atoms with Crippen molar-refractivity contribution in [3.8, 4) is 0 Å². The number of pyridine rings is 1. The Bertz CT molecular complexity index is 402. The summed E-state index contributed by atoms with van der Waals surface area (Å²) in [5.41, 5.74) is -0.355. The van der Waals surface area contributed by atoms with Gasteiger partial charge in [0, 0.05) is 11.9 Å². The summed E-state index contributed by atoms with van der Waals surface area (Å²) >= 11 is 0. The van der Waals surface area contributed by atoms with Crippen LogP contribution in [-0.4, -0.2) is 27.1 Å². The Morgan fingerprint density at radius 2 is 1.88 bits per heavy atom. The van der Waals surface area contributed by atoms with Crippen molar-refractivity contribution in [2.24, 2.45) is 0 Å². The minimum absolute atomic E-state index is 0.232. The van der Waals surface area contributed by atoms with E-state index in [-0.39, 0.29) is 5.91 Å².